The van der Waals surface area contributed by atoms with Gasteiger partial charge in [-0.1, -0.05) is 0 Å². The van der Waals surface area contributed by atoms with Crippen LogP contribution in [0.4, 0.5) is 0 Å². The molecule has 15 heavy (non-hydrogen) atoms. The van der Waals surface area contributed by atoms with Gasteiger partial charge in [-0.05, 0) is 6.42 Å². The highest BCUT2D eigenvalue weighted by molar-refractivity contribution is 5.93. The van der Waals surface area contributed by atoms with Crippen LogP contribution < -0.4 is 5.73 Å². The van der Waals surface area contributed by atoms with Crippen LogP contribution in [0.15, 0.2) is 0 Å². The van der Waals surface area contributed by atoms with Gasteiger partial charge >= 0.3 is 0 Å². The first-order chi connectivity index (χ1) is 7.16. The summed E-state index contributed by atoms with van der Waals surface area (Å²) in [5, 5.41) is 23.9. The van der Waals surface area contributed by atoms with Crippen LogP contribution in [0.25, 0.3) is 0 Å². The minimum Gasteiger partial charge on any atom is -0.504 e. The largest absolute Gasteiger partial charge is 0.504 e. The average Bonchev–Trinajstić information content (AvgIpc) is 2.55. The Hall–Kier alpha value is -1.60. The van der Waals surface area contributed by atoms with E-state index >= 15 is 0 Å². The lowest BCUT2D eigenvalue weighted by molar-refractivity contribution is 0.0989. The second-order valence-electron chi connectivity index (χ2n) is 2.89. The third-order valence-electron chi connectivity index (χ3n) is 1.74. The van der Waals surface area contributed by atoms with E-state index < -0.39 is 5.91 Å². The van der Waals surface area contributed by atoms with E-state index in [9.17, 15) is 9.90 Å². The molecule has 5 N–H and O–H groups in total. The molecule has 0 radical (unpaired) electrons. The molecule has 0 fully saturated rings. The number of amides is 1. The van der Waals surface area contributed by atoms with Crippen molar-refractivity contribution in [2.45, 2.75) is 13.0 Å². The minimum atomic E-state index is -0.776. The van der Waals surface area contributed by atoms with Crippen LogP contribution in [-0.2, 0) is 11.3 Å². The number of carbonyl (C=O) groups is 1. The Bertz CT molecular complexity index is 337. The number of aromatic nitrogens is 2. The molecule has 0 atom stereocenters. The molecule has 0 unspecified atom stereocenters. The summed E-state index contributed by atoms with van der Waals surface area (Å²) in [5.41, 5.74) is 5.06. The number of hydrogen-bond donors (Lipinski definition) is 4. The molecule has 0 bridgehead atoms. The van der Waals surface area contributed by atoms with Gasteiger partial charge in [-0.3, -0.25) is 9.89 Å². The fourth-order valence-corrected chi connectivity index (χ4v) is 0.981. The zero-order valence-electron chi connectivity index (χ0n) is 8.06. The molecule has 7 nitrogen and oxygen atoms in total. The molecular weight excluding hydrogens is 202 g/mol. The first-order valence-electron chi connectivity index (χ1n) is 4.41. The second kappa shape index (κ2) is 5.32. The predicted molar refractivity (Wildman–Crippen MR) is 50.1 cm³/mol. The van der Waals surface area contributed by atoms with Crippen LogP contribution in [-0.4, -0.2) is 39.5 Å². The van der Waals surface area contributed by atoms with Crippen LogP contribution in [0.3, 0.4) is 0 Å². The zero-order valence-corrected chi connectivity index (χ0v) is 8.06. The van der Waals surface area contributed by atoms with Crippen molar-refractivity contribution in [1.29, 1.82) is 0 Å². The number of nitrogens with two attached hydrogens (primary N) is 1. The van der Waals surface area contributed by atoms with Gasteiger partial charge in [0.2, 0.25) is 0 Å². The number of hydrogen-bond acceptors (Lipinski definition) is 5. The summed E-state index contributed by atoms with van der Waals surface area (Å²) in [4.78, 5) is 10.7. The first-order valence-corrected chi connectivity index (χ1v) is 4.41. The number of ether oxygens (including phenoxy) is 1. The smallest absolute Gasteiger partial charge is 0.270 e. The molecule has 1 amide bonds. The molecule has 0 saturated heterocycles. The molecular formula is C8H13N3O4. The molecule has 0 aliphatic rings. The van der Waals surface area contributed by atoms with Crippen LogP contribution in [0.2, 0.25) is 0 Å². The van der Waals surface area contributed by atoms with Crippen molar-refractivity contribution in [3.8, 4) is 5.75 Å². The van der Waals surface area contributed by atoms with Gasteiger partial charge in [0.05, 0.1) is 6.61 Å². The number of rotatable bonds is 6. The standard InChI is InChI=1S/C8H13N3O4/c9-8(14)6-7(13)5(10-11-6)4-15-3-1-2-12/h12-13H,1-4H2,(H2,9,14)(H,10,11). The Morgan fingerprint density at radius 2 is 2.33 bits per heavy atom. The van der Waals surface area contributed by atoms with Crippen LogP contribution in [0, 0.1) is 0 Å². The number of aromatic amines is 1. The van der Waals surface area contributed by atoms with Crippen molar-refractivity contribution < 1.29 is 19.7 Å². The quantitative estimate of drug-likeness (QED) is 0.459. The minimum absolute atomic E-state index is 0.0408. The van der Waals surface area contributed by atoms with Crippen molar-refractivity contribution in [2.24, 2.45) is 5.73 Å². The highest BCUT2D eigenvalue weighted by Gasteiger charge is 2.15. The number of aliphatic hydroxyl groups excluding tert-OH is 1. The summed E-state index contributed by atoms with van der Waals surface area (Å²) in [7, 11) is 0. The van der Waals surface area contributed by atoms with Gasteiger partial charge in [-0.15, -0.1) is 0 Å². The Morgan fingerprint density at radius 3 is 2.87 bits per heavy atom. The third-order valence-corrected chi connectivity index (χ3v) is 1.74. The highest BCUT2D eigenvalue weighted by atomic mass is 16.5. The lowest BCUT2D eigenvalue weighted by Crippen LogP contribution is -2.11. The average molecular weight is 215 g/mol. The van der Waals surface area contributed by atoms with Crippen molar-refractivity contribution in [3.05, 3.63) is 11.4 Å². The molecule has 0 aliphatic heterocycles. The van der Waals surface area contributed by atoms with Crippen LogP contribution in [0.5, 0.6) is 5.75 Å². The summed E-state index contributed by atoms with van der Waals surface area (Å²) in [6.45, 7) is 0.462. The third kappa shape index (κ3) is 2.93. The van der Waals surface area contributed by atoms with Crippen molar-refractivity contribution >= 4 is 5.91 Å². The lowest BCUT2D eigenvalue weighted by atomic mass is 10.3. The first kappa shape index (κ1) is 11.5. The fraction of sp³-hybridized carbons (Fsp3) is 0.500. The maximum absolute atomic E-state index is 10.7. The predicted octanol–water partition coefficient (Wildman–Crippen LogP) is -0.887. The topological polar surface area (TPSA) is 121 Å². The molecule has 1 rings (SSSR count). The summed E-state index contributed by atoms with van der Waals surface area (Å²) in [6, 6.07) is 0. The Morgan fingerprint density at radius 1 is 1.60 bits per heavy atom. The molecule has 0 saturated carbocycles. The number of H-pyrrole nitrogens is 1. The monoisotopic (exact) mass is 215 g/mol. The van der Waals surface area contributed by atoms with E-state index in [2.05, 4.69) is 10.2 Å². The Kier molecular flexibility index (Phi) is 4.07. The molecule has 7 heteroatoms. The number of primary amides is 1. The van der Waals surface area contributed by atoms with Gasteiger partial charge in [-0.25, -0.2) is 0 Å². The maximum atomic E-state index is 10.7. The summed E-state index contributed by atoms with van der Waals surface area (Å²) >= 11 is 0. The fourth-order valence-electron chi connectivity index (χ4n) is 0.981. The van der Waals surface area contributed by atoms with E-state index in [0.717, 1.165) is 0 Å². The number of aromatic hydroxyl groups is 1. The summed E-state index contributed by atoms with van der Waals surface area (Å²) in [6.07, 6.45) is 0.508. The van der Waals surface area contributed by atoms with Gasteiger partial charge in [0.25, 0.3) is 5.91 Å². The molecule has 0 spiro atoms. The number of carbonyl (C=O) groups excluding carboxylic acids is 1. The van der Waals surface area contributed by atoms with Gasteiger partial charge in [0, 0.05) is 13.2 Å². The van der Waals surface area contributed by atoms with Gasteiger partial charge in [0.1, 0.15) is 5.69 Å². The van der Waals surface area contributed by atoms with Crippen LogP contribution in [0.1, 0.15) is 22.6 Å². The normalized spacial score (nSPS) is 10.5. The highest BCUT2D eigenvalue weighted by Crippen LogP contribution is 2.19. The second-order valence-corrected chi connectivity index (χ2v) is 2.89. The lowest BCUT2D eigenvalue weighted by Gasteiger charge is -2.00. The van der Waals surface area contributed by atoms with Crippen molar-refractivity contribution in [2.75, 3.05) is 13.2 Å². The summed E-state index contributed by atoms with van der Waals surface area (Å²) < 4.78 is 5.08. The molecule has 84 valence electrons. The van der Waals surface area contributed by atoms with E-state index in [1.165, 1.54) is 0 Å². The molecule has 1 heterocycles. The molecule has 0 aromatic carbocycles. The van der Waals surface area contributed by atoms with E-state index in [-0.39, 0.29) is 30.4 Å². The van der Waals surface area contributed by atoms with Gasteiger partial charge in [0.15, 0.2) is 11.4 Å². The van der Waals surface area contributed by atoms with Gasteiger partial charge < -0.3 is 20.7 Å². The Labute approximate surface area is 85.9 Å². The Balaban J connectivity index is 2.51. The van der Waals surface area contributed by atoms with E-state index in [1.54, 1.807) is 0 Å². The molecule has 1 aromatic rings. The van der Waals surface area contributed by atoms with E-state index in [0.29, 0.717) is 13.0 Å². The number of nitrogens with zero attached hydrogens (tertiary/aromatic N) is 1. The van der Waals surface area contributed by atoms with E-state index in [1.807, 2.05) is 0 Å². The number of nitrogens with one attached hydrogen (secondary N) is 1. The maximum Gasteiger partial charge on any atom is 0.270 e. The SMILES string of the molecule is NC(=O)c1[nH]nc(COCCCO)c1O. The van der Waals surface area contributed by atoms with Crippen molar-refractivity contribution in [3.63, 3.8) is 0 Å². The van der Waals surface area contributed by atoms with Crippen molar-refractivity contribution in [1.82, 2.24) is 10.2 Å². The molecule has 0 aliphatic carbocycles. The number of aliphatic hydroxyl groups is 1. The van der Waals surface area contributed by atoms with Crippen LogP contribution >= 0.6 is 0 Å². The zero-order chi connectivity index (χ0) is 11.3. The van der Waals surface area contributed by atoms with Gasteiger partial charge in [-0.2, -0.15) is 5.10 Å². The van der Waals surface area contributed by atoms with E-state index in [4.69, 9.17) is 15.6 Å². The summed E-state index contributed by atoms with van der Waals surface area (Å²) in [5.74, 6) is -1.06. The molecule has 1 aromatic heterocycles.